The molecule has 0 atom stereocenters. The van der Waals surface area contributed by atoms with E-state index in [9.17, 15) is 9.59 Å². The van der Waals surface area contributed by atoms with Crippen LogP contribution in [0.15, 0.2) is 47.8 Å². The van der Waals surface area contributed by atoms with Gasteiger partial charge in [-0.1, -0.05) is 30.3 Å². The molecule has 0 aliphatic carbocycles. The van der Waals surface area contributed by atoms with E-state index >= 15 is 0 Å². The Balaban J connectivity index is 1.61. The van der Waals surface area contributed by atoms with Crippen LogP contribution in [0, 0.1) is 0 Å². The summed E-state index contributed by atoms with van der Waals surface area (Å²) >= 11 is 1.61. The molecule has 2 aromatic heterocycles. The van der Waals surface area contributed by atoms with Gasteiger partial charge in [0.25, 0.3) is 5.91 Å². The van der Waals surface area contributed by atoms with Crippen LogP contribution in [0.3, 0.4) is 0 Å². The Labute approximate surface area is 162 Å². The fourth-order valence-electron chi connectivity index (χ4n) is 3.73. The normalized spacial score (nSPS) is 15.4. The molecule has 1 aliphatic rings. The number of aromatic nitrogens is 1. The van der Waals surface area contributed by atoms with Crippen molar-refractivity contribution in [2.45, 2.75) is 13.5 Å². The number of rotatable bonds is 5. The van der Waals surface area contributed by atoms with Gasteiger partial charge in [0, 0.05) is 5.56 Å². The van der Waals surface area contributed by atoms with E-state index in [4.69, 9.17) is 0 Å². The van der Waals surface area contributed by atoms with E-state index in [1.54, 1.807) is 11.3 Å². The van der Waals surface area contributed by atoms with Gasteiger partial charge in [0.15, 0.2) is 5.78 Å². The molecule has 4 rings (SSSR count). The zero-order valence-electron chi connectivity index (χ0n) is 15.5. The lowest BCUT2D eigenvalue weighted by Crippen LogP contribution is -3.14. The van der Waals surface area contributed by atoms with Gasteiger partial charge < -0.3 is 14.4 Å². The van der Waals surface area contributed by atoms with Crippen LogP contribution in [0.1, 0.15) is 27.8 Å². The molecule has 1 amide bonds. The van der Waals surface area contributed by atoms with Gasteiger partial charge in [0.1, 0.15) is 5.69 Å². The van der Waals surface area contributed by atoms with Crippen molar-refractivity contribution in [2.75, 3.05) is 32.7 Å². The van der Waals surface area contributed by atoms with E-state index in [0.29, 0.717) is 11.3 Å². The number of amides is 1. The number of hydrogen-bond acceptors (Lipinski definition) is 3. The molecule has 6 heteroatoms. The highest BCUT2D eigenvalue weighted by molar-refractivity contribution is 7.17. The molecule has 1 N–H and O–H groups in total. The van der Waals surface area contributed by atoms with Crippen molar-refractivity contribution in [3.8, 4) is 0 Å². The Kier molecular flexibility index (Phi) is 5.09. The number of nitrogens with one attached hydrogen (secondary N) is 1. The third-order valence-electron chi connectivity index (χ3n) is 5.40. The van der Waals surface area contributed by atoms with Crippen molar-refractivity contribution in [1.29, 1.82) is 0 Å². The first-order chi connectivity index (χ1) is 13.2. The molecule has 5 nitrogen and oxygen atoms in total. The summed E-state index contributed by atoms with van der Waals surface area (Å²) in [6.07, 6.45) is 0. The van der Waals surface area contributed by atoms with Gasteiger partial charge in [-0.25, -0.2) is 0 Å². The maximum atomic E-state index is 13.2. The number of carbonyl (C=O) groups excluding carboxylic acids is 2. The van der Waals surface area contributed by atoms with E-state index in [1.165, 1.54) is 4.90 Å². The monoisotopic (exact) mass is 382 g/mol. The fraction of sp³-hybridized carbons (Fsp3) is 0.333. The maximum absolute atomic E-state index is 13.2. The molecule has 0 spiro atoms. The molecule has 140 valence electrons. The zero-order chi connectivity index (χ0) is 18.8. The molecule has 0 radical (unpaired) electrons. The Morgan fingerprint density at radius 2 is 1.85 bits per heavy atom. The van der Waals surface area contributed by atoms with Crippen molar-refractivity contribution < 1.29 is 14.5 Å². The summed E-state index contributed by atoms with van der Waals surface area (Å²) in [4.78, 5) is 29.4. The van der Waals surface area contributed by atoms with Crippen molar-refractivity contribution in [2.24, 2.45) is 0 Å². The lowest BCUT2D eigenvalue weighted by atomic mass is 10.1. The zero-order valence-corrected chi connectivity index (χ0v) is 16.3. The molecule has 1 fully saturated rings. The standard InChI is InChI=1S/C21H23N3O2S/c1-2-22-9-11-23(12-10-22)21(26)18-14-20-17(8-13-27-20)24(18)15-19(25)16-6-4-3-5-7-16/h3-8,13-14H,2,9-12,15H2,1H3/p+1. The van der Waals surface area contributed by atoms with E-state index in [-0.39, 0.29) is 18.2 Å². The quantitative estimate of drug-likeness (QED) is 0.686. The van der Waals surface area contributed by atoms with Gasteiger partial charge in [0.05, 0.1) is 49.5 Å². The highest BCUT2D eigenvalue weighted by atomic mass is 32.1. The summed E-state index contributed by atoms with van der Waals surface area (Å²) in [5.74, 6) is 0.0583. The van der Waals surface area contributed by atoms with Gasteiger partial charge >= 0.3 is 0 Å². The van der Waals surface area contributed by atoms with Crippen LogP contribution in [-0.2, 0) is 6.54 Å². The predicted molar refractivity (Wildman–Crippen MR) is 108 cm³/mol. The summed E-state index contributed by atoms with van der Waals surface area (Å²) in [7, 11) is 0. The highest BCUT2D eigenvalue weighted by Crippen LogP contribution is 2.26. The number of likely N-dealkylation sites (N-methyl/N-ethyl adjacent to an activating group) is 1. The molecule has 1 aromatic carbocycles. The molecule has 1 aliphatic heterocycles. The molecule has 1 saturated heterocycles. The summed E-state index contributed by atoms with van der Waals surface area (Å²) < 4.78 is 2.94. The molecule has 0 saturated carbocycles. The van der Waals surface area contributed by atoms with Crippen LogP contribution in [-0.4, -0.2) is 53.9 Å². The van der Waals surface area contributed by atoms with Crippen LogP contribution in [0.2, 0.25) is 0 Å². The molecule has 0 bridgehead atoms. The van der Waals surface area contributed by atoms with Crippen molar-refractivity contribution in [1.82, 2.24) is 9.47 Å². The molecular weight excluding hydrogens is 358 g/mol. The number of Topliss-reactive ketones (excluding diaryl/α,β-unsaturated/α-hetero) is 1. The van der Waals surface area contributed by atoms with E-state index in [1.807, 2.05) is 57.3 Å². The number of piperazine rings is 1. The number of benzene rings is 1. The van der Waals surface area contributed by atoms with Gasteiger partial charge in [-0.15, -0.1) is 11.3 Å². The van der Waals surface area contributed by atoms with Crippen molar-refractivity contribution in [3.63, 3.8) is 0 Å². The lowest BCUT2D eigenvalue weighted by Gasteiger charge is -2.31. The minimum Gasteiger partial charge on any atom is -0.332 e. The smallest absolute Gasteiger partial charge is 0.270 e. The SMILES string of the molecule is CC[NH+]1CCN(C(=O)c2cc3sccc3n2CC(=O)c2ccccc2)CC1. The second-order valence-electron chi connectivity index (χ2n) is 6.97. The molecule has 3 aromatic rings. The Morgan fingerprint density at radius 1 is 1.11 bits per heavy atom. The van der Waals surface area contributed by atoms with E-state index in [2.05, 4.69) is 6.92 Å². The number of ketones is 1. The third-order valence-corrected chi connectivity index (χ3v) is 6.25. The van der Waals surface area contributed by atoms with Gasteiger partial charge in [0.2, 0.25) is 0 Å². The minimum atomic E-state index is 0.0218. The predicted octanol–water partition coefficient (Wildman–Crippen LogP) is 1.95. The lowest BCUT2D eigenvalue weighted by molar-refractivity contribution is -0.902. The van der Waals surface area contributed by atoms with E-state index in [0.717, 1.165) is 42.9 Å². The van der Waals surface area contributed by atoms with Gasteiger partial charge in [-0.2, -0.15) is 0 Å². The molecular formula is C21H24N3O2S+. The number of quaternary nitrogens is 1. The Morgan fingerprint density at radius 3 is 2.56 bits per heavy atom. The molecule has 3 heterocycles. The largest absolute Gasteiger partial charge is 0.332 e. The summed E-state index contributed by atoms with van der Waals surface area (Å²) in [5, 5.41) is 2.01. The van der Waals surface area contributed by atoms with Crippen molar-refractivity contribution >= 4 is 33.2 Å². The van der Waals surface area contributed by atoms with E-state index < -0.39 is 0 Å². The second kappa shape index (κ2) is 7.66. The van der Waals surface area contributed by atoms with Gasteiger partial charge in [-0.05, 0) is 24.4 Å². The third kappa shape index (κ3) is 3.55. The number of fused-ring (bicyclic) bond motifs is 1. The van der Waals surface area contributed by atoms with Crippen LogP contribution in [0.25, 0.3) is 10.2 Å². The second-order valence-corrected chi connectivity index (χ2v) is 7.92. The fourth-order valence-corrected chi connectivity index (χ4v) is 4.55. The Hall–Kier alpha value is -2.44. The van der Waals surface area contributed by atoms with Crippen LogP contribution in [0.4, 0.5) is 0 Å². The molecule has 27 heavy (non-hydrogen) atoms. The maximum Gasteiger partial charge on any atom is 0.270 e. The van der Waals surface area contributed by atoms with Gasteiger partial charge in [-0.3, -0.25) is 9.59 Å². The first kappa shape index (κ1) is 17.9. The van der Waals surface area contributed by atoms with Crippen LogP contribution >= 0.6 is 11.3 Å². The Bertz CT molecular complexity index is 952. The summed E-state index contributed by atoms with van der Waals surface area (Å²) in [6, 6.07) is 13.2. The topological polar surface area (TPSA) is 46.8 Å². The summed E-state index contributed by atoms with van der Waals surface area (Å²) in [5.41, 5.74) is 2.26. The average molecular weight is 383 g/mol. The number of nitrogens with zero attached hydrogens (tertiary/aromatic N) is 2. The minimum absolute atomic E-state index is 0.0218. The average Bonchev–Trinajstić information content (AvgIpc) is 3.31. The van der Waals surface area contributed by atoms with Crippen molar-refractivity contribution in [3.05, 3.63) is 59.1 Å². The first-order valence-corrected chi connectivity index (χ1v) is 10.3. The van der Waals surface area contributed by atoms with Crippen LogP contribution < -0.4 is 4.90 Å². The first-order valence-electron chi connectivity index (χ1n) is 9.45. The molecule has 0 unspecified atom stereocenters. The highest BCUT2D eigenvalue weighted by Gasteiger charge is 2.27. The summed E-state index contributed by atoms with van der Waals surface area (Å²) in [6.45, 7) is 6.98. The number of thiophene rings is 1. The number of hydrogen-bond donors (Lipinski definition) is 1. The van der Waals surface area contributed by atoms with Crippen LogP contribution in [0.5, 0.6) is 0 Å². The number of carbonyl (C=O) groups is 2.